The Morgan fingerprint density at radius 2 is 2.17 bits per heavy atom. The van der Waals surface area contributed by atoms with Crippen molar-refractivity contribution in [3.05, 3.63) is 35.5 Å². The second kappa shape index (κ2) is 5.59. The number of aryl methyl sites for hydroxylation is 1. The van der Waals surface area contributed by atoms with Crippen molar-refractivity contribution < 1.29 is 4.42 Å². The molecule has 0 saturated heterocycles. The van der Waals surface area contributed by atoms with Gasteiger partial charge in [0.05, 0.1) is 18.3 Å². The van der Waals surface area contributed by atoms with E-state index < -0.39 is 0 Å². The first-order chi connectivity index (χ1) is 8.69. The highest BCUT2D eigenvalue weighted by molar-refractivity contribution is 5.21. The third kappa shape index (κ3) is 3.04. The van der Waals surface area contributed by atoms with E-state index in [0.717, 1.165) is 11.4 Å². The summed E-state index contributed by atoms with van der Waals surface area (Å²) in [6, 6.07) is 6.35. The molecule has 0 saturated carbocycles. The SMILES string of the molecule is CNC(C)c1nnc(NCc2cccc(C)n2)o1. The van der Waals surface area contributed by atoms with E-state index >= 15 is 0 Å². The summed E-state index contributed by atoms with van der Waals surface area (Å²) in [4.78, 5) is 4.38. The Kier molecular flexibility index (Phi) is 3.88. The summed E-state index contributed by atoms with van der Waals surface area (Å²) >= 11 is 0. The molecule has 0 spiro atoms. The summed E-state index contributed by atoms with van der Waals surface area (Å²) in [5, 5.41) is 14.0. The molecule has 18 heavy (non-hydrogen) atoms. The van der Waals surface area contributed by atoms with Crippen molar-refractivity contribution in [3.8, 4) is 0 Å². The maximum Gasteiger partial charge on any atom is 0.315 e. The molecule has 1 atom stereocenters. The first-order valence-corrected chi connectivity index (χ1v) is 5.86. The molecule has 96 valence electrons. The van der Waals surface area contributed by atoms with Crippen molar-refractivity contribution in [2.45, 2.75) is 26.4 Å². The van der Waals surface area contributed by atoms with Gasteiger partial charge < -0.3 is 15.1 Å². The average Bonchev–Trinajstić information content (AvgIpc) is 2.84. The van der Waals surface area contributed by atoms with Crippen LogP contribution in [0.4, 0.5) is 6.01 Å². The Morgan fingerprint density at radius 3 is 2.89 bits per heavy atom. The Hall–Kier alpha value is -1.95. The first-order valence-electron chi connectivity index (χ1n) is 5.86. The molecule has 0 fully saturated rings. The van der Waals surface area contributed by atoms with E-state index in [0.29, 0.717) is 18.5 Å². The molecule has 2 rings (SSSR count). The van der Waals surface area contributed by atoms with Gasteiger partial charge in [0, 0.05) is 5.69 Å². The molecule has 0 aliphatic heterocycles. The van der Waals surface area contributed by atoms with Gasteiger partial charge in [0.2, 0.25) is 5.89 Å². The number of hydrogen-bond donors (Lipinski definition) is 2. The summed E-state index contributed by atoms with van der Waals surface area (Å²) in [7, 11) is 1.85. The van der Waals surface area contributed by atoms with Crippen LogP contribution in [-0.4, -0.2) is 22.2 Å². The van der Waals surface area contributed by atoms with E-state index in [1.165, 1.54) is 0 Å². The lowest BCUT2D eigenvalue weighted by Gasteiger charge is -2.03. The third-order valence-corrected chi connectivity index (χ3v) is 2.61. The molecule has 6 heteroatoms. The lowest BCUT2D eigenvalue weighted by Crippen LogP contribution is -2.12. The maximum atomic E-state index is 5.46. The van der Waals surface area contributed by atoms with E-state index in [1.54, 1.807) is 0 Å². The second-order valence-corrected chi connectivity index (χ2v) is 4.08. The van der Waals surface area contributed by atoms with Gasteiger partial charge in [-0.15, -0.1) is 5.10 Å². The van der Waals surface area contributed by atoms with Crippen LogP contribution in [0, 0.1) is 6.92 Å². The fourth-order valence-electron chi connectivity index (χ4n) is 1.47. The average molecular weight is 247 g/mol. The van der Waals surface area contributed by atoms with Crippen molar-refractivity contribution >= 4 is 6.01 Å². The highest BCUT2D eigenvalue weighted by Gasteiger charge is 2.11. The van der Waals surface area contributed by atoms with Gasteiger partial charge in [0.25, 0.3) is 0 Å². The second-order valence-electron chi connectivity index (χ2n) is 4.08. The van der Waals surface area contributed by atoms with Crippen molar-refractivity contribution in [3.63, 3.8) is 0 Å². The largest absolute Gasteiger partial charge is 0.406 e. The molecule has 0 radical (unpaired) electrons. The number of hydrogen-bond acceptors (Lipinski definition) is 6. The van der Waals surface area contributed by atoms with Crippen LogP contribution in [0.5, 0.6) is 0 Å². The topological polar surface area (TPSA) is 75.9 Å². The number of nitrogens with zero attached hydrogens (tertiary/aromatic N) is 3. The van der Waals surface area contributed by atoms with Gasteiger partial charge in [0.15, 0.2) is 0 Å². The van der Waals surface area contributed by atoms with Crippen LogP contribution in [0.1, 0.15) is 30.2 Å². The van der Waals surface area contributed by atoms with Crippen molar-refractivity contribution in [1.29, 1.82) is 0 Å². The Bertz CT molecular complexity index is 511. The Labute approximate surface area is 106 Å². The number of nitrogens with one attached hydrogen (secondary N) is 2. The van der Waals surface area contributed by atoms with Gasteiger partial charge >= 0.3 is 6.01 Å². The Balaban J connectivity index is 1.96. The van der Waals surface area contributed by atoms with Gasteiger partial charge in [-0.1, -0.05) is 11.2 Å². The van der Waals surface area contributed by atoms with E-state index in [-0.39, 0.29) is 6.04 Å². The summed E-state index contributed by atoms with van der Waals surface area (Å²) in [6.45, 7) is 4.49. The van der Waals surface area contributed by atoms with Crippen LogP contribution in [0.15, 0.2) is 22.6 Å². The van der Waals surface area contributed by atoms with Crippen molar-refractivity contribution in [2.75, 3.05) is 12.4 Å². The third-order valence-electron chi connectivity index (χ3n) is 2.61. The molecule has 2 N–H and O–H groups in total. The molecular weight excluding hydrogens is 230 g/mol. The molecule has 2 heterocycles. The zero-order chi connectivity index (χ0) is 13.0. The quantitative estimate of drug-likeness (QED) is 0.837. The molecule has 0 aromatic carbocycles. The van der Waals surface area contributed by atoms with Crippen LogP contribution >= 0.6 is 0 Å². The van der Waals surface area contributed by atoms with Crippen LogP contribution in [0.3, 0.4) is 0 Å². The van der Waals surface area contributed by atoms with Crippen LogP contribution in [0.25, 0.3) is 0 Å². The lowest BCUT2D eigenvalue weighted by molar-refractivity contribution is 0.441. The smallest absolute Gasteiger partial charge is 0.315 e. The van der Waals surface area contributed by atoms with Crippen molar-refractivity contribution in [1.82, 2.24) is 20.5 Å². The fraction of sp³-hybridized carbons (Fsp3) is 0.417. The predicted molar refractivity (Wildman–Crippen MR) is 68.1 cm³/mol. The molecule has 1 unspecified atom stereocenters. The zero-order valence-corrected chi connectivity index (χ0v) is 10.8. The van der Waals surface area contributed by atoms with E-state index in [2.05, 4.69) is 25.8 Å². The van der Waals surface area contributed by atoms with Gasteiger partial charge in [-0.2, -0.15) is 0 Å². The van der Waals surface area contributed by atoms with E-state index in [9.17, 15) is 0 Å². The molecule has 2 aromatic heterocycles. The normalized spacial score (nSPS) is 12.4. The fourth-order valence-corrected chi connectivity index (χ4v) is 1.47. The van der Waals surface area contributed by atoms with Crippen LogP contribution in [-0.2, 0) is 6.54 Å². The predicted octanol–water partition coefficient (Wildman–Crippen LogP) is 1.67. The highest BCUT2D eigenvalue weighted by atomic mass is 16.4. The van der Waals surface area contributed by atoms with Gasteiger partial charge in [-0.3, -0.25) is 4.98 Å². The molecule has 0 amide bonds. The first kappa shape index (κ1) is 12.5. The standard InChI is InChI=1S/C12H17N5O/c1-8-5-4-6-10(15-8)7-14-12-17-16-11(18-12)9(2)13-3/h4-6,9,13H,7H2,1-3H3,(H,14,17). The number of anilines is 1. The monoisotopic (exact) mass is 247 g/mol. The lowest BCUT2D eigenvalue weighted by atomic mass is 10.3. The number of pyridine rings is 1. The molecule has 0 aliphatic carbocycles. The molecule has 0 bridgehead atoms. The minimum absolute atomic E-state index is 0.0464. The van der Waals surface area contributed by atoms with Gasteiger partial charge in [-0.05, 0) is 33.0 Å². The molecule has 2 aromatic rings. The molecule has 6 nitrogen and oxygen atoms in total. The van der Waals surface area contributed by atoms with Crippen LogP contribution < -0.4 is 10.6 Å². The van der Waals surface area contributed by atoms with Crippen LogP contribution in [0.2, 0.25) is 0 Å². The van der Waals surface area contributed by atoms with Gasteiger partial charge in [-0.25, -0.2) is 0 Å². The Morgan fingerprint density at radius 1 is 1.33 bits per heavy atom. The molecule has 0 aliphatic rings. The minimum Gasteiger partial charge on any atom is -0.406 e. The van der Waals surface area contributed by atoms with Crippen molar-refractivity contribution in [2.24, 2.45) is 0 Å². The van der Waals surface area contributed by atoms with Gasteiger partial charge in [0.1, 0.15) is 0 Å². The number of aromatic nitrogens is 3. The summed E-state index contributed by atoms with van der Waals surface area (Å²) in [6.07, 6.45) is 0. The maximum absolute atomic E-state index is 5.46. The summed E-state index contributed by atoms with van der Waals surface area (Å²) in [5.74, 6) is 0.567. The highest BCUT2D eigenvalue weighted by Crippen LogP contribution is 2.13. The summed E-state index contributed by atoms with van der Waals surface area (Å²) < 4.78 is 5.46. The molecular formula is C12H17N5O. The number of rotatable bonds is 5. The zero-order valence-electron chi connectivity index (χ0n) is 10.8. The minimum atomic E-state index is 0.0464. The summed E-state index contributed by atoms with van der Waals surface area (Å²) in [5.41, 5.74) is 1.93. The van der Waals surface area contributed by atoms with E-state index in [1.807, 2.05) is 39.1 Å². The van der Waals surface area contributed by atoms with E-state index in [4.69, 9.17) is 4.42 Å².